The van der Waals surface area contributed by atoms with Crippen LogP contribution in [0, 0.1) is 0 Å². The summed E-state index contributed by atoms with van der Waals surface area (Å²) in [5.74, 6) is -0.545. The van der Waals surface area contributed by atoms with Crippen molar-refractivity contribution in [2.24, 2.45) is 0 Å². The number of hydrogen-bond donors (Lipinski definition) is 0. The number of halogens is 4. The van der Waals surface area contributed by atoms with E-state index in [1.54, 1.807) is 17.0 Å². The number of amides is 2. The van der Waals surface area contributed by atoms with Crippen LogP contribution < -0.4 is 9.64 Å². The van der Waals surface area contributed by atoms with Crippen molar-refractivity contribution >= 4 is 29.9 Å². The molecule has 0 unspecified atom stereocenters. The van der Waals surface area contributed by atoms with E-state index in [0.717, 1.165) is 36.9 Å². The Bertz CT molecular complexity index is 1080. The summed E-state index contributed by atoms with van der Waals surface area (Å²) in [6.07, 6.45) is -2.51. The Labute approximate surface area is 227 Å². The summed E-state index contributed by atoms with van der Waals surface area (Å²) < 4.78 is 46.7. The SMILES string of the molecule is COc1ccc(C(=O)N(CC(=O)N2CCN(C3CCN(C)CC3)CC2)c2ccccc2C(F)(F)F)cc1.Cl. The molecule has 4 rings (SSSR count). The van der Waals surface area contributed by atoms with Crippen molar-refractivity contribution in [1.29, 1.82) is 0 Å². The van der Waals surface area contributed by atoms with Gasteiger partial charge in [-0.3, -0.25) is 19.4 Å². The second-order valence-corrected chi connectivity index (χ2v) is 9.59. The van der Waals surface area contributed by atoms with Crippen molar-refractivity contribution in [1.82, 2.24) is 14.7 Å². The van der Waals surface area contributed by atoms with E-state index in [0.29, 0.717) is 38.0 Å². The highest BCUT2D eigenvalue weighted by Crippen LogP contribution is 2.37. The van der Waals surface area contributed by atoms with Gasteiger partial charge in [0.15, 0.2) is 0 Å². The van der Waals surface area contributed by atoms with Gasteiger partial charge in [-0.15, -0.1) is 12.4 Å². The number of rotatable bonds is 6. The number of nitrogens with zero attached hydrogens (tertiary/aromatic N) is 4. The third kappa shape index (κ3) is 6.98. The van der Waals surface area contributed by atoms with Gasteiger partial charge in [0.05, 0.1) is 18.4 Å². The van der Waals surface area contributed by atoms with Gasteiger partial charge in [0.1, 0.15) is 12.3 Å². The topological polar surface area (TPSA) is 56.3 Å². The summed E-state index contributed by atoms with van der Waals surface area (Å²) >= 11 is 0. The summed E-state index contributed by atoms with van der Waals surface area (Å²) in [6.45, 7) is 4.01. The van der Waals surface area contributed by atoms with E-state index in [9.17, 15) is 22.8 Å². The molecule has 2 aromatic rings. The van der Waals surface area contributed by atoms with Crippen molar-refractivity contribution in [2.45, 2.75) is 25.1 Å². The molecular formula is C27H34ClF3N4O3. The molecule has 0 aromatic heterocycles. The Hall–Kier alpha value is -2.82. The van der Waals surface area contributed by atoms with E-state index in [4.69, 9.17) is 4.74 Å². The van der Waals surface area contributed by atoms with Gasteiger partial charge in [0.2, 0.25) is 5.91 Å². The number of benzene rings is 2. The molecule has 7 nitrogen and oxygen atoms in total. The van der Waals surface area contributed by atoms with Crippen LogP contribution in [0.3, 0.4) is 0 Å². The summed E-state index contributed by atoms with van der Waals surface area (Å²) in [5.41, 5.74) is -1.14. The smallest absolute Gasteiger partial charge is 0.418 e. The Morgan fingerprint density at radius 2 is 1.55 bits per heavy atom. The van der Waals surface area contributed by atoms with E-state index < -0.39 is 24.2 Å². The number of hydrogen-bond acceptors (Lipinski definition) is 5. The number of piperazine rings is 1. The molecule has 208 valence electrons. The normalized spacial score (nSPS) is 17.6. The predicted molar refractivity (Wildman–Crippen MR) is 142 cm³/mol. The Morgan fingerprint density at radius 3 is 2.13 bits per heavy atom. The van der Waals surface area contributed by atoms with Gasteiger partial charge >= 0.3 is 6.18 Å². The van der Waals surface area contributed by atoms with Gasteiger partial charge in [0.25, 0.3) is 5.91 Å². The van der Waals surface area contributed by atoms with Crippen LogP contribution in [-0.2, 0) is 11.0 Å². The molecule has 0 spiro atoms. The second-order valence-electron chi connectivity index (χ2n) is 9.59. The quantitative estimate of drug-likeness (QED) is 0.540. The molecule has 0 aliphatic carbocycles. The van der Waals surface area contributed by atoms with Gasteiger partial charge in [0, 0.05) is 37.8 Å². The first-order valence-electron chi connectivity index (χ1n) is 12.5. The standard InChI is InChI=1S/C27H33F3N4O3.ClH/c1-31-13-11-21(12-14-31)32-15-17-33(18-16-32)25(35)19-34(24-6-4-3-5-23(24)27(28,29)30)26(36)20-7-9-22(37-2)10-8-20;/h3-10,21H,11-19H2,1-2H3;1H. The molecule has 2 fully saturated rings. The van der Waals surface area contributed by atoms with E-state index in [1.807, 2.05) is 0 Å². The van der Waals surface area contributed by atoms with Gasteiger partial charge in [-0.25, -0.2) is 0 Å². The van der Waals surface area contributed by atoms with Gasteiger partial charge in [-0.05, 0) is 69.4 Å². The number of alkyl halides is 3. The number of likely N-dealkylation sites (tertiary alicyclic amines) is 1. The van der Waals surface area contributed by atoms with Crippen LogP contribution in [-0.4, -0.2) is 92.5 Å². The summed E-state index contributed by atoms with van der Waals surface area (Å²) in [6, 6.07) is 11.4. The minimum Gasteiger partial charge on any atom is -0.497 e. The molecule has 2 aliphatic heterocycles. The number of piperidine rings is 1. The highest BCUT2D eigenvalue weighted by Gasteiger charge is 2.37. The molecule has 2 saturated heterocycles. The highest BCUT2D eigenvalue weighted by molar-refractivity contribution is 6.09. The molecule has 0 atom stereocenters. The fourth-order valence-corrected chi connectivity index (χ4v) is 5.04. The van der Waals surface area contributed by atoms with E-state index in [-0.39, 0.29) is 29.6 Å². The fraction of sp³-hybridized carbons (Fsp3) is 0.481. The average molecular weight is 555 g/mol. The van der Waals surface area contributed by atoms with Crippen molar-refractivity contribution < 1.29 is 27.5 Å². The molecule has 11 heteroatoms. The van der Waals surface area contributed by atoms with Crippen molar-refractivity contribution in [2.75, 3.05) is 64.9 Å². The number of carbonyl (C=O) groups is 2. The van der Waals surface area contributed by atoms with Gasteiger partial charge < -0.3 is 14.5 Å². The first kappa shape index (κ1) is 29.7. The number of ether oxygens (including phenoxy) is 1. The zero-order valence-corrected chi connectivity index (χ0v) is 22.4. The minimum absolute atomic E-state index is 0. The van der Waals surface area contributed by atoms with Crippen LogP contribution in [0.1, 0.15) is 28.8 Å². The molecule has 0 saturated carbocycles. The van der Waals surface area contributed by atoms with Crippen molar-refractivity contribution in [3.63, 3.8) is 0 Å². The Balaban J connectivity index is 0.00000400. The average Bonchev–Trinajstić information content (AvgIpc) is 2.91. The molecule has 2 aromatic carbocycles. The van der Waals surface area contributed by atoms with E-state index in [1.165, 1.54) is 37.4 Å². The lowest BCUT2D eigenvalue weighted by molar-refractivity contribution is -0.137. The lowest BCUT2D eigenvalue weighted by atomic mass is 10.0. The van der Waals surface area contributed by atoms with Crippen LogP contribution in [0.15, 0.2) is 48.5 Å². The molecule has 2 amide bonds. The van der Waals surface area contributed by atoms with Crippen LogP contribution in [0.2, 0.25) is 0 Å². The monoisotopic (exact) mass is 554 g/mol. The van der Waals surface area contributed by atoms with Crippen LogP contribution in [0.4, 0.5) is 18.9 Å². The van der Waals surface area contributed by atoms with Crippen LogP contribution >= 0.6 is 12.4 Å². The molecule has 0 radical (unpaired) electrons. The van der Waals surface area contributed by atoms with Crippen molar-refractivity contribution in [3.8, 4) is 5.75 Å². The number of carbonyl (C=O) groups excluding carboxylic acids is 2. The highest BCUT2D eigenvalue weighted by atomic mass is 35.5. The molecule has 0 N–H and O–H groups in total. The van der Waals surface area contributed by atoms with Crippen molar-refractivity contribution in [3.05, 3.63) is 59.7 Å². The predicted octanol–water partition coefficient (Wildman–Crippen LogP) is 4.02. The third-order valence-corrected chi connectivity index (χ3v) is 7.25. The lowest BCUT2D eigenvalue weighted by Crippen LogP contribution is -2.55. The summed E-state index contributed by atoms with van der Waals surface area (Å²) in [5, 5.41) is 0. The number of methoxy groups -OCH3 is 1. The minimum atomic E-state index is -4.68. The first-order valence-corrected chi connectivity index (χ1v) is 12.5. The zero-order valence-electron chi connectivity index (χ0n) is 21.6. The van der Waals surface area contributed by atoms with Crippen LogP contribution in [0.25, 0.3) is 0 Å². The van der Waals surface area contributed by atoms with Crippen LogP contribution in [0.5, 0.6) is 5.75 Å². The molecule has 38 heavy (non-hydrogen) atoms. The first-order chi connectivity index (χ1) is 17.7. The summed E-state index contributed by atoms with van der Waals surface area (Å²) in [4.78, 5) is 34.1. The third-order valence-electron chi connectivity index (χ3n) is 7.25. The molecule has 2 aliphatic rings. The Kier molecular flexibility index (Phi) is 10.0. The van der Waals surface area contributed by atoms with Gasteiger partial charge in [-0.1, -0.05) is 12.1 Å². The van der Waals surface area contributed by atoms with E-state index in [2.05, 4.69) is 16.8 Å². The summed E-state index contributed by atoms with van der Waals surface area (Å²) in [7, 11) is 3.59. The maximum Gasteiger partial charge on any atom is 0.418 e. The number of para-hydroxylation sites is 1. The molecule has 0 bridgehead atoms. The maximum atomic E-state index is 13.9. The maximum absolute atomic E-state index is 13.9. The molecular weight excluding hydrogens is 521 g/mol. The molecule has 2 heterocycles. The largest absolute Gasteiger partial charge is 0.497 e. The zero-order chi connectivity index (χ0) is 26.6. The second kappa shape index (κ2) is 12.8. The Morgan fingerprint density at radius 1 is 0.947 bits per heavy atom. The fourth-order valence-electron chi connectivity index (χ4n) is 5.04. The van der Waals surface area contributed by atoms with E-state index >= 15 is 0 Å². The lowest BCUT2D eigenvalue weighted by Gasteiger charge is -2.42. The van der Waals surface area contributed by atoms with Gasteiger partial charge in [-0.2, -0.15) is 13.2 Å². The number of anilines is 1.